The zero-order chi connectivity index (χ0) is 33.1. The smallest absolute Gasteiger partial charge is 0.135 e. The molecule has 2 heteroatoms. The van der Waals surface area contributed by atoms with E-state index in [1.165, 1.54) is 81.7 Å². The third kappa shape index (κ3) is 3.77. The fourth-order valence-electron chi connectivity index (χ4n) is 9.03. The van der Waals surface area contributed by atoms with Crippen molar-refractivity contribution in [1.29, 1.82) is 0 Å². The van der Waals surface area contributed by atoms with Crippen molar-refractivity contribution in [3.63, 3.8) is 0 Å². The molecular formula is C48H32OSi. The first-order valence-corrected chi connectivity index (χ1v) is 20.5. The molecule has 234 valence electrons. The Hall–Kier alpha value is -5.96. The standard InChI is InChI=1S/C48H32OSi/c1-50(2)46-20-8-7-16-37(46)38-24-22-31(26-47(38)50)40-27-42-39-18-10-19-44-48(39)43(28-41(42)35-15-6-5-14-34(35)40)36-23-21-30(25-45(36)49-44)33-17-9-12-29-11-3-4-13-32(29)33/h3-28H,1-2H3. The van der Waals surface area contributed by atoms with Gasteiger partial charge in [0.15, 0.2) is 0 Å². The lowest BCUT2D eigenvalue weighted by Crippen LogP contribution is -2.49. The lowest BCUT2D eigenvalue weighted by molar-refractivity contribution is 0.487. The van der Waals surface area contributed by atoms with Crippen LogP contribution in [0.15, 0.2) is 158 Å². The van der Waals surface area contributed by atoms with Gasteiger partial charge in [0.2, 0.25) is 0 Å². The second kappa shape index (κ2) is 10.0. The number of ether oxygens (including phenoxy) is 1. The third-order valence-corrected chi connectivity index (χ3v) is 15.0. The summed E-state index contributed by atoms with van der Waals surface area (Å²) in [7, 11) is -1.81. The van der Waals surface area contributed by atoms with E-state index in [0.29, 0.717) is 0 Å². The second-order valence-corrected chi connectivity index (χ2v) is 18.8. The van der Waals surface area contributed by atoms with Crippen LogP contribution in [0.3, 0.4) is 0 Å². The van der Waals surface area contributed by atoms with Crippen LogP contribution in [-0.2, 0) is 0 Å². The van der Waals surface area contributed by atoms with Gasteiger partial charge in [0, 0.05) is 10.9 Å². The maximum absolute atomic E-state index is 6.78. The monoisotopic (exact) mass is 652 g/mol. The molecule has 0 spiro atoms. The highest BCUT2D eigenvalue weighted by atomic mass is 28.3. The molecule has 0 saturated heterocycles. The minimum absolute atomic E-state index is 0.904. The van der Waals surface area contributed by atoms with Gasteiger partial charge in [0.05, 0.1) is 0 Å². The molecule has 0 aliphatic carbocycles. The van der Waals surface area contributed by atoms with E-state index < -0.39 is 8.07 Å². The molecule has 2 heterocycles. The predicted octanol–water partition coefficient (Wildman–Crippen LogP) is 12.2. The molecule has 2 aliphatic rings. The van der Waals surface area contributed by atoms with Crippen molar-refractivity contribution in [3.05, 3.63) is 158 Å². The molecular weight excluding hydrogens is 621 g/mol. The fraction of sp³-hybridized carbons (Fsp3) is 0.0417. The molecule has 1 nitrogen and oxygen atoms in total. The molecule has 0 bridgehead atoms. The zero-order valence-electron chi connectivity index (χ0n) is 27.9. The molecule has 0 radical (unpaired) electrons. The summed E-state index contributed by atoms with van der Waals surface area (Å²) in [5, 5.41) is 13.1. The van der Waals surface area contributed by atoms with Crippen molar-refractivity contribution in [2.24, 2.45) is 0 Å². The molecule has 0 N–H and O–H groups in total. The lowest BCUT2D eigenvalue weighted by Gasteiger charge is -2.24. The summed E-state index contributed by atoms with van der Waals surface area (Å²) in [6.45, 7) is 5.00. The van der Waals surface area contributed by atoms with Crippen LogP contribution in [0, 0.1) is 0 Å². The van der Waals surface area contributed by atoms with Gasteiger partial charge in [-0.15, -0.1) is 0 Å². The minimum atomic E-state index is -1.81. The van der Waals surface area contributed by atoms with Crippen LogP contribution in [0.25, 0.3) is 87.6 Å². The molecule has 9 aromatic rings. The predicted molar refractivity (Wildman–Crippen MR) is 215 cm³/mol. The van der Waals surface area contributed by atoms with E-state index in [0.717, 1.165) is 22.6 Å². The Morgan fingerprint density at radius 2 is 0.980 bits per heavy atom. The fourth-order valence-corrected chi connectivity index (χ4v) is 12.1. The van der Waals surface area contributed by atoms with Crippen molar-refractivity contribution in [2.45, 2.75) is 13.1 Å². The van der Waals surface area contributed by atoms with E-state index in [1.807, 2.05) is 0 Å². The molecule has 2 aliphatic heterocycles. The molecule has 0 saturated carbocycles. The molecule has 0 aromatic heterocycles. The normalized spacial score (nSPS) is 13.7. The van der Waals surface area contributed by atoms with E-state index >= 15 is 0 Å². The average Bonchev–Trinajstić information content (AvgIpc) is 3.39. The summed E-state index contributed by atoms with van der Waals surface area (Å²) in [5.41, 5.74) is 10.2. The van der Waals surface area contributed by atoms with Crippen LogP contribution >= 0.6 is 0 Å². The van der Waals surface area contributed by atoms with Crippen LogP contribution in [0.2, 0.25) is 13.1 Å². The summed E-state index contributed by atoms with van der Waals surface area (Å²) in [6, 6.07) is 58.5. The topological polar surface area (TPSA) is 9.23 Å². The van der Waals surface area contributed by atoms with Crippen molar-refractivity contribution < 1.29 is 4.74 Å². The molecule has 0 atom stereocenters. The molecule has 11 rings (SSSR count). The Bertz CT molecular complexity index is 2930. The highest BCUT2D eigenvalue weighted by molar-refractivity contribution is 7.03. The number of fused-ring (bicyclic) bond motifs is 10. The van der Waals surface area contributed by atoms with Crippen molar-refractivity contribution in [3.8, 4) is 56.0 Å². The van der Waals surface area contributed by atoms with E-state index in [2.05, 4.69) is 171 Å². The highest BCUT2D eigenvalue weighted by Crippen LogP contribution is 2.51. The summed E-state index contributed by atoms with van der Waals surface area (Å²) >= 11 is 0. The Morgan fingerprint density at radius 3 is 1.88 bits per heavy atom. The van der Waals surface area contributed by atoms with Gasteiger partial charge in [-0.25, -0.2) is 0 Å². The van der Waals surface area contributed by atoms with Crippen molar-refractivity contribution in [2.75, 3.05) is 0 Å². The first-order valence-electron chi connectivity index (χ1n) is 17.5. The van der Waals surface area contributed by atoms with E-state index in [9.17, 15) is 0 Å². The quantitative estimate of drug-likeness (QED) is 0.133. The Morgan fingerprint density at radius 1 is 0.360 bits per heavy atom. The van der Waals surface area contributed by atoms with Crippen LogP contribution in [0.5, 0.6) is 11.5 Å². The lowest BCUT2D eigenvalue weighted by atomic mass is 9.86. The zero-order valence-corrected chi connectivity index (χ0v) is 28.9. The second-order valence-electron chi connectivity index (χ2n) is 14.4. The average molecular weight is 653 g/mol. The van der Waals surface area contributed by atoms with Gasteiger partial charge in [-0.3, -0.25) is 0 Å². The van der Waals surface area contributed by atoms with Gasteiger partial charge in [0.25, 0.3) is 0 Å². The van der Waals surface area contributed by atoms with Gasteiger partial charge in [-0.2, -0.15) is 0 Å². The van der Waals surface area contributed by atoms with E-state index in [-0.39, 0.29) is 0 Å². The van der Waals surface area contributed by atoms with Crippen LogP contribution < -0.4 is 15.1 Å². The molecule has 9 aromatic carbocycles. The number of rotatable bonds is 2. The Kier molecular flexibility index (Phi) is 5.61. The number of hydrogen-bond donors (Lipinski definition) is 0. The molecule has 50 heavy (non-hydrogen) atoms. The van der Waals surface area contributed by atoms with Gasteiger partial charge in [-0.05, 0) is 117 Å². The first kappa shape index (κ1) is 27.9. The Labute approximate surface area is 292 Å². The van der Waals surface area contributed by atoms with Crippen LogP contribution in [-0.4, -0.2) is 8.07 Å². The summed E-state index contributed by atoms with van der Waals surface area (Å²) in [4.78, 5) is 0. The number of hydrogen-bond acceptors (Lipinski definition) is 1. The first-order chi connectivity index (χ1) is 24.5. The van der Waals surface area contributed by atoms with Gasteiger partial charge in [0.1, 0.15) is 19.6 Å². The third-order valence-electron chi connectivity index (χ3n) is 11.4. The maximum Gasteiger partial charge on any atom is 0.135 e. The molecule has 0 unspecified atom stereocenters. The highest BCUT2D eigenvalue weighted by Gasteiger charge is 2.37. The van der Waals surface area contributed by atoms with Crippen molar-refractivity contribution in [1.82, 2.24) is 0 Å². The van der Waals surface area contributed by atoms with Crippen LogP contribution in [0.4, 0.5) is 0 Å². The van der Waals surface area contributed by atoms with E-state index in [4.69, 9.17) is 4.74 Å². The van der Waals surface area contributed by atoms with Gasteiger partial charge < -0.3 is 4.74 Å². The SMILES string of the molecule is C[Si]1(C)c2ccccc2-c2ccc(-c3cc4c5cccc6c5c(cc4c4ccccc34)-c3ccc(-c4cccc5ccccc45)cc3O6)cc21. The Balaban J connectivity index is 1.13. The summed E-state index contributed by atoms with van der Waals surface area (Å²) in [5.74, 6) is 1.82. The summed E-state index contributed by atoms with van der Waals surface area (Å²) < 4.78 is 6.78. The number of benzene rings is 9. The largest absolute Gasteiger partial charge is 0.456 e. The summed E-state index contributed by atoms with van der Waals surface area (Å²) in [6.07, 6.45) is 0. The maximum atomic E-state index is 6.78. The van der Waals surface area contributed by atoms with Gasteiger partial charge >= 0.3 is 0 Å². The van der Waals surface area contributed by atoms with Gasteiger partial charge in [-0.1, -0.05) is 140 Å². The van der Waals surface area contributed by atoms with Crippen molar-refractivity contribution >= 4 is 61.5 Å². The van der Waals surface area contributed by atoms with Crippen LogP contribution in [0.1, 0.15) is 0 Å². The molecule has 0 fully saturated rings. The molecule has 0 amide bonds. The minimum Gasteiger partial charge on any atom is -0.456 e. The van der Waals surface area contributed by atoms with E-state index in [1.54, 1.807) is 5.19 Å².